The van der Waals surface area contributed by atoms with Crippen LogP contribution in [-0.4, -0.2) is 34.5 Å². The Morgan fingerprint density at radius 1 is 1.25 bits per heavy atom. The highest BCUT2D eigenvalue weighted by Gasteiger charge is 2.27. The second-order valence-electron chi connectivity index (χ2n) is 6.84. The molecule has 0 radical (unpaired) electrons. The molecule has 4 heteroatoms. The Bertz CT molecular complexity index is 663. The Morgan fingerprint density at radius 2 is 2.04 bits per heavy atom. The minimum absolute atomic E-state index is 0.137. The van der Waals surface area contributed by atoms with Crippen molar-refractivity contribution in [1.82, 2.24) is 9.47 Å². The van der Waals surface area contributed by atoms with Crippen LogP contribution in [0.4, 0.5) is 0 Å². The van der Waals surface area contributed by atoms with Crippen LogP contribution in [0, 0.1) is 5.92 Å². The minimum atomic E-state index is 0.137. The number of piperidine rings is 1. The summed E-state index contributed by atoms with van der Waals surface area (Å²) in [7, 11) is 0. The van der Waals surface area contributed by atoms with E-state index in [2.05, 4.69) is 28.8 Å². The number of benzene rings is 1. The summed E-state index contributed by atoms with van der Waals surface area (Å²) in [4.78, 5) is 14.9. The molecule has 1 aliphatic rings. The summed E-state index contributed by atoms with van der Waals surface area (Å²) in [5.41, 5.74) is 8.13. The third-order valence-corrected chi connectivity index (χ3v) is 5.02. The molecule has 0 aliphatic carbocycles. The molecule has 0 unspecified atom stereocenters. The van der Waals surface area contributed by atoms with Crippen molar-refractivity contribution < 1.29 is 4.79 Å². The summed E-state index contributed by atoms with van der Waals surface area (Å²) in [5, 5.41) is 0. The van der Waals surface area contributed by atoms with E-state index in [1.165, 1.54) is 5.56 Å². The van der Waals surface area contributed by atoms with Gasteiger partial charge in [0.05, 0.1) is 0 Å². The molecule has 2 atom stereocenters. The fourth-order valence-corrected chi connectivity index (χ4v) is 3.48. The van der Waals surface area contributed by atoms with Crippen LogP contribution < -0.4 is 5.73 Å². The standard InChI is InChI=1S/C20H27N3O/c1-16(21)18-9-5-13-23(15-18)20(24)19-10-6-12-22(19)14-11-17-7-3-2-4-8-17/h2-4,6-8,10,12,16,18H,5,9,11,13-15,21H2,1H3/t16-,18+/m1/s1. The molecule has 0 bridgehead atoms. The molecule has 24 heavy (non-hydrogen) atoms. The zero-order valence-corrected chi connectivity index (χ0v) is 14.4. The van der Waals surface area contributed by atoms with E-state index >= 15 is 0 Å². The Labute approximate surface area is 144 Å². The van der Waals surface area contributed by atoms with E-state index in [-0.39, 0.29) is 11.9 Å². The average Bonchev–Trinajstić information content (AvgIpc) is 3.09. The molecule has 0 saturated carbocycles. The fraction of sp³-hybridized carbons (Fsp3) is 0.450. The van der Waals surface area contributed by atoms with Gasteiger partial charge >= 0.3 is 0 Å². The van der Waals surface area contributed by atoms with E-state index in [1.54, 1.807) is 0 Å². The van der Waals surface area contributed by atoms with Crippen LogP contribution in [-0.2, 0) is 13.0 Å². The van der Waals surface area contributed by atoms with Crippen molar-refractivity contribution >= 4 is 5.91 Å². The average molecular weight is 325 g/mol. The summed E-state index contributed by atoms with van der Waals surface area (Å²) in [6.45, 7) is 4.48. The van der Waals surface area contributed by atoms with Gasteiger partial charge in [0.2, 0.25) is 0 Å². The number of nitrogens with zero attached hydrogens (tertiary/aromatic N) is 2. The number of amides is 1. The summed E-state index contributed by atoms with van der Waals surface area (Å²) in [6, 6.07) is 14.4. The molecule has 1 fully saturated rings. The largest absolute Gasteiger partial charge is 0.343 e. The molecule has 2 aromatic rings. The predicted octanol–water partition coefficient (Wildman–Crippen LogP) is 2.93. The summed E-state index contributed by atoms with van der Waals surface area (Å²) < 4.78 is 2.07. The van der Waals surface area contributed by atoms with E-state index in [0.717, 1.165) is 44.6 Å². The molecule has 2 N–H and O–H groups in total. The van der Waals surface area contributed by atoms with Crippen molar-refractivity contribution in [3.05, 3.63) is 59.9 Å². The van der Waals surface area contributed by atoms with Crippen LogP contribution in [0.1, 0.15) is 35.8 Å². The Hall–Kier alpha value is -2.07. The first-order valence-electron chi connectivity index (χ1n) is 8.89. The minimum Gasteiger partial charge on any atom is -0.343 e. The lowest BCUT2D eigenvalue weighted by molar-refractivity contribution is 0.0650. The van der Waals surface area contributed by atoms with Crippen molar-refractivity contribution in [2.24, 2.45) is 11.7 Å². The first kappa shape index (κ1) is 16.8. The van der Waals surface area contributed by atoms with Gasteiger partial charge in [0.15, 0.2) is 0 Å². The molecule has 1 saturated heterocycles. The van der Waals surface area contributed by atoms with Gasteiger partial charge in [0.1, 0.15) is 5.69 Å². The second-order valence-corrected chi connectivity index (χ2v) is 6.84. The third kappa shape index (κ3) is 3.88. The molecule has 2 heterocycles. The number of aromatic nitrogens is 1. The zero-order chi connectivity index (χ0) is 16.9. The van der Waals surface area contributed by atoms with Crippen LogP contribution in [0.2, 0.25) is 0 Å². The van der Waals surface area contributed by atoms with Crippen molar-refractivity contribution in [3.63, 3.8) is 0 Å². The number of carbonyl (C=O) groups excluding carboxylic acids is 1. The number of rotatable bonds is 5. The number of aryl methyl sites for hydroxylation is 2. The summed E-state index contributed by atoms with van der Waals surface area (Å²) in [5.74, 6) is 0.550. The monoisotopic (exact) mass is 325 g/mol. The maximum Gasteiger partial charge on any atom is 0.270 e. The summed E-state index contributed by atoms with van der Waals surface area (Å²) >= 11 is 0. The molecule has 3 rings (SSSR count). The van der Waals surface area contributed by atoms with E-state index in [9.17, 15) is 4.79 Å². The number of hydrogen-bond donors (Lipinski definition) is 1. The topological polar surface area (TPSA) is 51.3 Å². The van der Waals surface area contributed by atoms with Gasteiger partial charge in [-0.15, -0.1) is 0 Å². The van der Waals surface area contributed by atoms with Gasteiger partial charge in [-0.1, -0.05) is 30.3 Å². The molecule has 1 amide bonds. The van der Waals surface area contributed by atoms with Gasteiger partial charge in [-0.3, -0.25) is 4.79 Å². The molecule has 128 valence electrons. The van der Waals surface area contributed by atoms with E-state index in [1.807, 2.05) is 36.2 Å². The van der Waals surface area contributed by atoms with Gasteiger partial charge in [-0.05, 0) is 49.8 Å². The lowest BCUT2D eigenvalue weighted by Crippen LogP contribution is -2.45. The van der Waals surface area contributed by atoms with Crippen molar-refractivity contribution in [2.45, 2.75) is 38.8 Å². The number of hydrogen-bond acceptors (Lipinski definition) is 2. The maximum atomic E-state index is 12.9. The number of carbonyl (C=O) groups is 1. The lowest BCUT2D eigenvalue weighted by Gasteiger charge is -2.34. The molecule has 4 nitrogen and oxygen atoms in total. The molecular formula is C20H27N3O. The van der Waals surface area contributed by atoms with Crippen LogP contribution in [0.25, 0.3) is 0 Å². The quantitative estimate of drug-likeness (QED) is 0.919. The van der Waals surface area contributed by atoms with Crippen molar-refractivity contribution in [2.75, 3.05) is 13.1 Å². The second kappa shape index (κ2) is 7.67. The molecule has 1 aliphatic heterocycles. The van der Waals surface area contributed by atoms with Gasteiger partial charge in [-0.25, -0.2) is 0 Å². The van der Waals surface area contributed by atoms with E-state index < -0.39 is 0 Å². The Morgan fingerprint density at radius 3 is 2.79 bits per heavy atom. The van der Waals surface area contributed by atoms with Crippen LogP contribution in [0.5, 0.6) is 0 Å². The maximum absolute atomic E-state index is 12.9. The highest BCUT2D eigenvalue weighted by molar-refractivity contribution is 5.92. The molecule has 1 aromatic carbocycles. The van der Waals surface area contributed by atoms with Gasteiger partial charge in [0, 0.05) is 31.9 Å². The molecular weight excluding hydrogens is 298 g/mol. The van der Waals surface area contributed by atoms with Crippen molar-refractivity contribution in [1.29, 1.82) is 0 Å². The smallest absolute Gasteiger partial charge is 0.270 e. The molecule has 1 aromatic heterocycles. The van der Waals surface area contributed by atoms with Crippen molar-refractivity contribution in [3.8, 4) is 0 Å². The molecule has 0 spiro atoms. The highest BCUT2D eigenvalue weighted by atomic mass is 16.2. The lowest BCUT2D eigenvalue weighted by atomic mass is 9.92. The normalized spacial score (nSPS) is 19.2. The Balaban J connectivity index is 1.66. The predicted molar refractivity (Wildman–Crippen MR) is 96.9 cm³/mol. The van der Waals surface area contributed by atoms with Gasteiger partial charge in [0.25, 0.3) is 5.91 Å². The fourth-order valence-electron chi connectivity index (χ4n) is 3.48. The van der Waals surface area contributed by atoms with Crippen LogP contribution in [0.3, 0.4) is 0 Å². The van der Waals surface area contributed by atoms with E-state index in [4.69, 9.17) is 5.73 Å². The van der Waals surface area contributed by atoms with Crippen LogP contribution >= 0.6 is 0 Å². The van der Waals surface area contributed by atoms with Gasteiger partial charge < -0.3 is 15.2 Å². The first-order chi connectivity index (χ1) is 11.6. The zero-order valence-electron chi connectivity index (χ0n) is 14.4. The highest BCUT2D eigenvalue weighted by Crippen LogP contribution is 2.21. The number of likely N-dealkylation sites (tertiary alicyclic amines) is 1. The third-order valence-electron chi connectivity index (χ3n) is 5.02. The van der Waals surface area contributed by atoms with Gasteiger partial charge in [-0.2, -0.15) is 0 Å². The number of nitrogens with two attached hydrogens (primary N) is 1. The van der Waals surface area contributed by atoms with Crippen LogP contribution in [0.15, 0.2) is 48.7 Å². The first-order valence-corrected chi connectivity index (χ1v) is 8.89. The van der Waals surface area contributed by atoms with E-state index in [0.29, 0.717) is 5.92 Å². The Kier molecular flexibility index (Phi) is 5.36. The SMILES string of the molecule is C[C@@H](N)[C@H]1CCCN(C(=O)c2cccn2CCc2ccccc2)C1. The summed E-state index contributed by atoms with van der Waals surface area (Å²) in [6.07, 6.45) is 5.10.